The van der Waals surface area contributed by atoms with E-state index in [1.807, 2.05) is 43.3 Å². The lowest BCUT2D eigenvalue weighted by atomic mass is 10.0. The number of nitrogens with two attached hydrogens (primary N) is 2. The van der Waals surface area contributed by atoms with Crippen molar-refractivity contribution in [2.45, 2.75) is 26.3 Å². The molecule has 40 heavy (non-hydrogen) atoms. The normalized spacial score (nSPS) is 13.0. The summed E-state index contributed by atoms with van der Waals surface area (Å²) < 4.78 is 15.4. The molecule has 0 fully saturated rings. The molecular weight excluding hydrogens is 532 g/mol. The van der Waals surface area contributed by atoms with Crippen LogP contribution in [0.15, 0.2) is 42.5 Å². The van der Waals surface area contributed by atoms with E-state index in [0.717, 1.165) is 23.6 Å². The Morgan fingerprint density at radius 1 is 1.02 bits per heavy atom. The SMILES string of the molecule is CC(C)CCNC(=O)C(c1ccc(N(C)C)cc1)N(C(=O)c1snc(C(N)=O)c1N)c1ccc2c(c1)OCCO2. The summed E-state index contributed by atoms with van der Waals surface area (Å²) in [5, 5.41) is 2.99. The number of aromatic nitrogens is 1. The van der Waals surface area contributed by atoms with Gasteiger partial charge in [0.1, 0.15) is 24.1 Å². The van der Waals surface area contributed by atoms with Crippen molar-refractivity contribution < 1.29 is 23.9 Å². The van der Waals surface area contributed by atoms with Crippen LogP contribution in [0.1, 0.15) is 52.0 Å². The van der Waals surface area contributed by atoms with Gasteiger partial charge in [0, 0.05) is 38.1 Å². The Labute approximate surface area is 237 Å². The third kappa shape index (κ3) is 6.12. The van der Waals surface area contributed by atoms with Gasteiger partial charge in [-0.05, 0) is 53.7 Å². The van der Waals surface area contributed by atoms with E-state index in [0.29, 0.717) is 48.4 Å². The number of nitrogen functional groups attached to an aromatic ring is 1. The molecule has 11 nitrogen and oxygen atoms in total. The number of benzene rings is 2. The van der Waals surface area contributed by atoms with Crippen LogP contribution in [0.3, 0.4) is 0 Å². The van der Waals surface area contributed by atoms with Gasteiger partial charge in [0.25, 0.3) is 11.8 Å². The van der Waals surface area contributed by atoms with Crippen LogP contribution in [0.4, 0.5) is 17.1 Å². The van der Waals surface area contributed by atoms with Gasteiger partial charge in [-0.3, -0.25) is 19.3 Å². The van der Waals surface area contributed by atoms with Crippen LogP contribution in [0.5, 0.6) is 11.5 Å². The predicted octanol–water partition coefficient (Wildman–Crippen LogP) is 3.21. The number of ether oxygens (including phenoxy) is 2. The molecule has 1 aliphatic heterocycles. The molecule has 0 spiro atoms. The maximum absolute atomic E-state index is 14.3. The number of amides is 3. The molecule has 1 aliphatic rings. The fourth-order valence-electron chi connectivity index (χ4n) is 4.26. The molecule has 1 aromatic heterocycles. The Hall–Kier alpha value is -4.32. The molecule has 0 saturated carbocycles. The average Bonchev–Trinajstić information content (AvgIpc) is 3.32. The molecule has 3 aromatic rings. The fourth-order valence-corrected chi connectivity index (χ4v) is 5.00. The Morgan fingerprint density at radius 2 is 1.68 bits per heavy atom. The number of rotatable bonds is 10. The Kier molecular flexibility index (Phi) is 8.78. The summed E-state index contributed by atoms with van der Waals surface area (Å²) in [5.74, 6) is -0.485. The summed E-state index contributed by atoms with van der Waals surface area (Å²) in [6.45, 7) is 5.32. The Morgan fingerprint density at radius 3 is 2.27 bits per heavy atom. The Bertz CT molecular complexity index is 1390. The predicted molar refractivity (Wildman–Crippen MR) is 155 cm³/mol. The molecule has 3 amide bonds. The second-order valence-electron chi connectivity index (χ2n) is 10.0. The highest BCUT2D eigenvalue weighted by molar-refractivity contribution is 7.09. The molecule has 4 rings (SSSR count). The van der Waals surface area contributed by atoms with Crippen LogP contribution in [0.25, 0.3) is 0 Å². The highest BCUT2D eigenvalue weighted by Crippen LogP contribution is 2.39. The minimum absolute atomic E-state index is 0.00594. The maximum atomic E-state index is 14.3. The van der Waals surface area contributed by atoms with Crippen molar-refractivity contribution >= 4 is 46.3 Å². The van der Waals surface area contributed by atoms with Crippen molar-refractivity contribution in [3.63, 3.8) is 0 Å². The summed E-state index contributed by atoms with van der Waals surface area (Å²) >= 11 is 0.755. The van der Waals surface area contributed by atoms with Crippen LogP contribution in [0.2, 0.25) is 0 Å². The van der Waals surface area contributed by atoms with Crippen molar-refractivity contribution in [1.29, 1.82) is 0 Å². The number of carbonyl (C=O) groups is 3. The largest absolute Gasteiger partial charge is 0.486 e. The van der Waals surface area contributed by atoms with Gasteiger partial charge < -0.3 is 31.2 Å². The minimum Gasteiger partial charge on any atom is -0.486 e. The first kappa shape index (κ1) is 28.7. The van der Waals surface area contributed by atoms with E-state index in [4.69, 9.17) is 20.9 Å². The fraction of sp³-hybridized carbons (Fsp3) is 0.357. The quantitative estimate of drug-likeness (QED) is 0.338. The van der Waals surface area contributed by atoms with E-state index in [-0.39, 0.29) is 22.2 Å². The third-order valence-corrected chi connectivity index (χ3v) is 7.28. The molecule has 0 aliphatic carbocycles. The second kappa shape index (κ2) is 12.2. The molecule has 5 N–H and O–H groups in total. The second-order valence-corrected chi connectivity index (χ2v) is 10.8. The first-order chi connectivity index (χ1) is 19.1. The van der Waals surface area contributed by atoms with Gasteiger partial charge in [0.05, 0.1) is 5.69 Å². The number of primary amides is 1. The van der Waals surface area contributed by atoms with Gasteiger partial charge in [-0.15, -0.1) is 0 Å². The third-order valence-electron chi connectivity index (χ3n) is 6.43. The van der Waals surface area contributed by atoms with E-state index >= 15 is 0 Å². The molecule has 1 unspecified atom stereocenters. The van der Waals surface area contributed by atoms with E-state index < -0.39 is 17.9 Å². The monoisotopic (exact) mass is 566 g/mol. The van der Waals surface area contributed by atoms with Crippen LogP contribution < -0.4 is 36.1 Å². The molecule has 2 heterocycles. The first-order valence-electron chi connectivity index (χ1n) is 12.9. The lowest BCUT2D eigenvalue weighted by Crippen LogP contribution is -2.44. The van der Waals surface area contributed by atoms with E-state index in [9.17, 15) is 14.4 Å². The lowest BCUT2D eigenvalue weighted by molar-refractivity contribution is -0.122. The smallest absolute Gasteiger partial charge is 0.273 e. The summed E-state index contributed by atoms with van der Waals surface area (Å²) in [6, 6.07) is 11.3. The highest BCUT2D eigenvalue weighted by atomic mass is 32.1. The van der Waals surface area contributed by atoms with Gasteiger partial charge in [-0.2, -0.15) is 4.37 Å². The zero-order valence-corrected chi connectivity index (χ0v) is 23.8. The summed E-state index contributed by atoms with van der Waals surface area (Å²) in [5.41, 5.74) is 13.1. The molecular formula is C28H34N6O5S. The van der Waals surface area contributed by atoms with Crippen molar-refractivity contribution in [2.75, 3.05) is 49.4 Å². The molecule has 12 heteroatoms. The topological polar surface area (TPSA) is 153 Å². The van der Waals surface area contributed by atoms with Gasteiger partial charge in [0.2, 0.25) is 5.91 Å². The number of hydrogen-bond acceptors (Lipinski definition) is 9. The standard InChI is InChI=1S/C28H34N6O5S/c1-16(2)11-12-31-27(36)24(17-5-7-18(8-6-17)33(3)4)34(19-9-10-20-21(15-19)39-14-13-38-20)28(37)25-22(29)23(26(30)35)32-40-25/h5-10,15-16,24H,11-14,29H2,1-4H3,(H2,30,35)(H,31,36). The van der Waals surface area contributed by atoms with Crippen molar-refractivity contribution in [2.24, 2.45) is 11.7 Å². The van der Waals surface area contributed by atoms with Gasteiger partial charge in [-0.1, -0.05) is 26.0 Å². The van der Waals surface area contributed by atoms with Crippen molar-refractivity contribution in [3.05, 3.63) is 58.6 Å². The average molecular weight is 567 g/mol. The number of nitrogens with one attached hydrogen (secondary N) is 1. The van der Waals surface area contributed by atoms with Crippen LogP contribution in [-0.2, 0) is 4.79 Å². The Balaban J connectivity index is 1.86. The van der Waals surface area contributed by atoms with Crippen LogP contribution in [0, 0.1) is 5.92 Å². The number of carbonyl (C=O) groups excluding carboxylic acids is 3. The van der Waals surface area contributed by atoms with Crippen LogP contribution >= 0.6 is 11.5 Å². The van der Waals surface area contributed by atoms with Gasteiger partial charge >= 0.3 is 0 Å². The molecule has 0 bridgehead atoms. The summed E-state index contributed by atoms with van der Waals surface area (Å²) in [6.07, 6.45) is 0.764. The number of hydrogen-bond donors (Lipinski definition) is 3. The van der Waals surface area contributed by atoms with Crippen molar-refractivity contribution in [3.8, 4) is 11.5 Å². The van der Waals surface area contributed by atoms with E-state index in [1.54, 1.807) is 18.2 Å². The summed E-state index contributed by atoms with van der Waals surface area (Å²) in [4.78, 5) is 43.3. The first-order valence-corrected chi connectivity index (χ1v) is 13.7. The molecule has 2 aromatic carbocycles. The van der Waals surface area contributed by atoms with Gasteiger partial charge in [-0.25, -0.2) is 0 Å². The number of fused-ring (bicyclic) bond motifs is 1. The molecule has 212 valence electrons. The van der Waals surface area contributed by atoms with E-state index in [1.165, 1.54) is 4.90 Å². The van der Waals surface area contributed by atoms with Crippen LogP contribution in [-0.4, -0.2) is 55.9 Å². The molecule has 1 atom stereocenters. The zero-order valence-electron chi connectivity index (χ0n) is 23.0. The minimum atomic E-state index is -1.09. The number of nitrogens with zero attached hydrogens (tertiary/aromatic N) is 3. The van der Waals surface area contributed by atoms with E-state index in [2.05, 4.69) is 23.5 Å². The molecule has 0 saturated heterocycles. The molecule has 0 radical (unpaired) electrons. The summed E-state index contributed by atoms with van der Waals surface area (Å²) in [7, 11) is 3.83. The lowest BCUT2D eigenvalue weighted by Gasteiger charge is -2.32. The zero-order chi connectivity index (χ0) is 29.0. The van der Waals surface area contributed by atoms with Gasteiger partial charge in [0.15, 0.2) is 17.2 Å². The number of anilines is 3. The maximum Gasteiger partial charge on any atom is 0.273 e. The van der Waals surface area contributed by atoms with Crippen molar-refractivity contribution in [1.82, 2.24) is 9.69 Å². The highest BCUT2D eigenvalue weighted by Gasteiger charge is 2.36.